The monoisotopic (exact) mass is 232 g/mol. The Balaban J connectivity index is 3.40. The largest absolute Gasteiger partial charge is 0.298 e. The molecule has 1 rings (SSSR count). The van der Waals surface area contributed by atoms with Crippen molar-refractivity contribution in [3.63, 3.8) is 0 Å². The minimum Gasteiger partial charge on any atom is -0.298 e. The smallest absolute Gasteiger partial charge is 0.151 e. The summed E-state index contributed by atoms with van der Waals surface area (Å²) in [4.78, 5) is 10.5. The molecule has 1 aromatic carbocycles. The van der Waals surface area contributed by atoms with Crippen molar-refractivity contribution in [3.8, 4) is 0 Å². The van der Waals surface area contributed by atoms with Gasteiger partial charge >= 0.3 is 0 Å². The molecule has 0 aliphatic heterocycles. The number of carbonyl (C=O) groups excluding carboxylic acids is 1. The third-order valence-electron chi connectivity index (χ3n) is 1.51. The van der Waals surface area contributed by atoms with Gasteiger partial charge in [-0.25, -0.2) is 0 Å². The van der Waals surface area contributed by atoms with E-state index in [0.29, 0.717) is 10.6 Å². The van der Waals surface area contributed by atoms with Gasteiger partial charge in [-0.1, -0.05) is 27.5 Å². The van der Waals surface area contributed by atoms with E-state index in [1.807, 2.05) is 6.92 Å². The summed E-state index contributed by atoms with van der Waals surface area (Å²) < 4.78 is 0.786. The highest BCUT2D eigenvalue weighted by Crippen LogP contribution is 2.24. The molecule has 58 valence electrons. The van der Waals surface area contributed by atoms with Crippen molar-refractivity contribution in [1.82, 2.24) is 0 Å². The van der Waals surface area contributed by atoms with E-state index in [4.69, 9.17) is 11.6 Å². The van der Waals surface area contributed by atoms with E-state index in [0.717, 1.165) is 16.3 Å². The van der Waals surface area contributed by atoms with Crippen LogP contribution in [-0.2, 0) is 0 Å². The highest BCUT2D eigenvalue weighted by Gasteiger charge is 2.04. The molecule has 1 nitrogen and oxygen atoms in total. The molecule has 0 saturated heterocycles. The van der Waals surface area contributed by atoms with E-state index in [2.05, 4.69) is 15.9 Å². The van der Waals surface area contributed by atoms with Gasteiger partial charge in [0, 0.05) is 15.1 Å². The standard InChI is InChI=1S/C8H6BrClO/c1-5-6(4-11)7(9)2-3-8(5)10/h2-4H,1H3. The molecule has 0 amide bonds. The molecular weight excluding hydrogens is 227 g/mol. The Hall–Kier alpha value is -0.340. The van der Waals surface area contributed by atoms with Crippen molar-refractivity contribution < 1.29 is 4.79 Å². The van der Waals surface area contributed by atoms with E-state index in [1.165, 1.54) is 0 Å². The average Bonchev–Trinajstić information content (AvgIpc) is 1.99. The van der Waals surface area contributed by atoms with Crippen LogP contribution in [0.3, 0.4) is 0 Å². The van der Waals surface area contributed by atoms with E-state index in [-0.39, 0.29) is 0 Å². The lowest BCUT2D eigenvalue weighted by molar-refractivity contribution is 0.112. The normalized spacial score (nSPS) is 9.73. The van der Waals surface area contributed by atoms with Crippen LogP contribution >= 0.6 is 27.5 Å². The van der Waals surface area contributed by atoms with Gasteiger partial charge in [-0.3, -0.25) is 4.79 Å². The fraction of sp³-hybridized carbons (Fsp3) is 0.125. The predicted octanol–water partition coefficient (Wildman–Crippen LogP) is 3.22. The average molecular weight is 233 g/mol. The van der Waals surface area contributed by atoms with Crippen LogP contribution in [0, 0.1) is 6.92 Å². The molecule has 0 aromatic heterocycles. The predicted molar refractivity (Wildman–Crippen MR) is 49.3 cm³/mol. The summed E-state index contributed by atoms with van der Waals surface area (Å²) in [6.45, 7) is 1.82. The Morgan fingerprint density at radius 1 is 1.55 bits per heavy atom. The summed E-state index contributed by atoms with van der Waals surface area (Å²) in [6, 6.07) is 3.52. The minimum absolute atomic E-state index is 0.621. The first-order chi connectivity index (χ1) is 5.16. The van der Waals surface area contributed by atoms with Crippen molar-refractivity contribution in [2.75, 3.05) is 0 Å². The first kappa shape index (κ1) is 8.75. The van der Waals surface area contributed by atoms with Gasteiger partial charge in [0.2, 0.25) is 0 Å². The highest BCUT2D eigenvalue weighted by molar-refractivity contribution is 9.10. The third kappa shape index (κ3) is 1.63. The second-order valence-corrected chi connectivity index (χ2v) is 3.45. The van der Waals surface area contributed by atoms with Crippen molar-refractivity contribution in [1.29, 1.82) is 0 Å². The van der Waals surface area contributed by atoms with Crippen LogP contribution in [0.5, 0.6) is 0 Å². The van der Waals surface area contributed by atoms with Crippen molar-refractivity contribution >= 4 is 33.8 Å². The van der Waals surface area contributed by atoms with Crippen LogP contribution in [0.25, 0.3) is 0 Å². The number of aldehydes is 1. The number of rotatable bonds is 1. The second-order valence-electron chi connectivity index (χ2n) is 2.19. The molecule has 0 saturated carbocycles. The van der Waals surface area contributed by atoms with Crippen LogP contribution < -0.4 is 0 Å². The van der Waals surface area contributed by atoms with Crippen LogP contribution in [0.4, 0.5) is 0 Å². The zero-order valence-corrected chi connectivity index (χ0v) is 8.24. The fourth-order valence-electron chi connectivity index (χ4n) is 0.814. The van der Waals surface area contributed by atoms with Crippen LogP contribution in [-0.4, -0.2) is 6.29 Å². The van der Waals surface area contributed by atoms with Gasteiger partial charge in [-0.05, 0) is 24.6 Å². The Morgan fingerprint density at radius 2 is 2.18 bits per heavy atom. The SMILES string of the molecule is Cc1c(Cl)ccc(Br)c1C=O. The van der Waals surface area contributed by atoms with Crippen molar-refractivity contribution in [3.05, 3.63) is 32.8 Å². The molecule has 11 heavy (non-hydrogen) atoms. The van der Waals surface area contributed by atoms with Crippen molar-refractivity contribution in [2.45, 2.75) is 6.92 Å². The lowest BCUT2D eigenvalue weighted by Crippen LogP contribution is -1.88. The van der Waals surface area contributed by atoms with Crippen LogP contribution in [0.15, 0.2) is 16.6 Å². The maximum atomic E-state index is 10.5. The molecule has 1 aromatic rings. The molecule has 0 heterocycles. The van der Waals surface area contributed by atoms with Gasteiger partial charge in [0.05, 0.1) is 0 Å². The summed E-state index contributed by atoms with van der Waals surface area (Å²) in [5, 5.41) is 0.621. The Bertz CT molecular complexity index is 296. The Morgan fingerprint density at radius 3 is 2.64 bits per heavy atom. The molecule has 0 N–H and O–H groups in total. The lowest BCUT2D eigenvalue weighted by Gasteiger charge is -2.02. The topological polar surface area (TPSA) is 17.1 Å². The molecule has 0 atom stereocenters. The van der Waals surface area contributed by atoms with Crippen LogP contribution in [0.1, 0.15) is 15.9 Å². The van der Waals surface area contributed by atoms with E-state index in [1.54, 1.807) is 12.1 Å². The second kappa shape index (κ2) is 3.37. The van der Waals surface area contributed by atoms with Gasteiger partial charge in [0.25, 0.3) is 0 Å². The molecular formula is C8H6BrClO. The van der Waals surface area contributed by atoms with Gasteiger partial charge in [-0.15, -0.1) is 0 Å². The van der Waals surface area contributed by atoms with E-state index in [9.17, 15) is 4.79 Å². The Kier molecular flexibility index (Phi) is 2.68. The van der Waals surface area contributed by atoms with E-state index >= 15 is 0 Å². The molecule has 0 spiro atoms. The minimum atomic E-state index is 0.621. The first-order valence-electron chi connectivity index (χ1n) is 3.06. The quantitative estimate of drug-likeness (QED) is 0.681. The summed E-state index contributed by atoms with van der Waals surface area (Å²) in [7, 11) is 0. The molecule has 3 heteroatoms. The summed E-state index contributed by atoms with van der Waals surface area (Å²) in [5.74, 6) is 0. The van der Waals surface area contributed by atoms with Gasteiger partial charge in [-0.2, -0.15) is 0 Å². The number of benzene rings is 1. The Labute approximate surface area is 78.5 Å². The van der Waals surface area contributed by atoms with Gasteiger partial charge in [0.15, 0.2) is 6.29 Å². The van der Waals surface area contributed by atoms with Gasteiger partial charge in [0.1, 0.15) is 0 Å². The number of hydrogen-bond donors (Lipinski definition) is 0. The maximum Gasteiger partial charge on any atom is 0.151 e. The third-order valence-corrected chi connectivity index (χ3v) is 2.61. The number of halogens is 2. The fourth-order valence-corrected chi connectivity index (χ4v) is 1.50. The maximum absolute atomic E-state index is 10.5. The summed E-state index contributed by atoms with van der Waals surface area (Å²) in [6.07, 6.45) is 0.797. The zero-order chi connectivity index (χ0) is 8.43. The zero-order valence-electron chi connectivity index (χ0n) is 5.90. The van der Waals surface area contributed by atoms with Crippen molar-refractivity contribution in [2.24, 2.45) is 0 Å². The molecule has 0 unspecified atom stereocenters. The van der Waals surface area contributed by atoms with Crippen LogP contribution in [0.2, 0.25) is 5.02 Å². The molecule has 0 aliphatic rings. The lowest BCUT2D eigenvalue weighted by atomic mass is 10.1. The molecule has 0 radical (unpaired) electrons. The van der Waals surface area contributed by atoms with E-state index < -0.39 is 0 Å². The summed E-state index contributed by atoms with van der Waals surface area (Å²) in [5.41, 5.74) is 1.44. The molecule has 0 aliphatic carbocycles. The number of hydrogen-bond acceptors (Lipinski definition) is 1. The summed E-state index contributed by atoms with van der Waals surface area (Å²) >= 11 is 9.04. The first-order valence-corrected chi connectivity index (χ1v) is 4.23. The molecule has 0 bridgehead atoms. The van der Waals surface area contributed by atoms with Gasteiger partial charge < -0.3 is 0 Å². The highest BCUT2D eigenvalue weighted by atomic mass is 79.9. The molecule has 0 fully saturated rings. The number of carbonyl (C=O) groups is 1.